The minimum absolute atomic E-state index is 0.0587. The van der Waals surface area contributed by atoms with Gasteiger partial charge < -0.3 is 10.3 Å². The first kappa shape index (κ1) is 15.5. The summed E-state index contributed by atoms with van der Waals surface area (Å²) in [4.78, 5) is 43.4. The standard InChI is InChI=1S/C12H7N5O3S3/c13-3-5-7-8(9(19)17-11(20)16-7)23-10(5)22-4-6(18)15-12-14-1-2-21-12/h1-2H,4H2,(H,14,15,18)(H2,16,17,19,20). The fourth-order valence-corrected chi connectivity index (χ4v) is 4.44. The van der Waals surface area contributed by atoms with E-state index in [1.54, 1.807) is 11.6 Å². The summed E-state index contributed by atoms with van der Waals surface area (Å²) in [6, 6.07) is 1.97. The van der Waals surface area contributed by atoms with Crippen molar-refractivity contribution in [2.24, 2.45) is 0 Å². The SMILES string of the molecule is N#Cc1c(SCC(=O)Nc2nccs2)sc2c(=O)[nH]c(=O)[nH]c12. The van der Waals surface area contributed by atoms with Gasteiger partial charge in [0.2, 0.25) is 5.91 Å². The molecule has 0 aromatic carbocycles. The molecule has 3 N–H and O–H groups in total. The quantitative estimate of drug-likeness (QED) is 0.598. The van der Waals surface area contributed by atoms with Gasteiger partial charge >= 0.3 is 5.69 Å². The van der Waals surface area contributed by atoms with Gasteiger partial charge in [0.15, 0.2) is 5.13 Å². The summed E-state index contributed by atoms with van der Waals surface area (Å²) in [5.41, 5.74) is -0.825. The average molecular weight is 365 g/mol. The van der Waals surface area contributed by atoms with Crippen LogP contribution < -0.4 is 16.6 Å². The number of amides is 1. The molecular formula is C12H7N5O3S3. The van der Waals surface area contributed by atoms with E-state index in [4.69, 9.17) is 0 Å². The van der Waals surface area contributed by atoms with Gasteiger partial charge in [0.1, 0.15) is 16.3 Å². The van der Waals surface area contributed by atoms with E-state index in [0.29, 0.717) is 9.34 Å². The molecule has 0 atom stereocenters. The zero-order valence-corrected chi connectivity index (χ0v) is 13.7. The van der Waals surface area contributed by atoms with Crippen LogP contribution in [-0.2, 0) is 4.79 Å². The highest BCUT2D eigenvalue weighted by Crippen LogP contribution is 2.34. The smallest absolute Gasteiger partial charge is 0.305 e. The third-order valence-corrected chi connectivity index (χ3v) is 5.82. The first-order valence-electron chi connectivity index (χ1n) is 6.10. The maximum Gasteiger partial charge on any atom is 0.326 e. The van der Waals surface area contributed by atoms with Crippen molar-refractivity contribution in [3.63, 3.8) is 0 Å². The molecule has 3 heterocycles. The highest BCUT2D eigenvalue weighted by Gasteiger charge is 2.17. The normalized spacial score (nSPS) is 10.6. The second-order valence-corrected chi connectivity index (χ2v) is 7.32. The number of fused-ring (bicyclic) bond motifs is 1. The van der Waals surface area contributed by atoms with E-state index in [1.165, 1.54) is 11.3 Å². The molecule has 0 radical (unpaired) electrons. The Morgan fingerprint density at radius 2 is 2.26 bits per heavy atom. The molecule has 0 aliphatic rings. The van der Waals surface area contributed by atoms with Crippen molar-refractivity contribution >= 4 is 55.7 Å². The molecule has 0 bridgehead atoms. The number of aromatic amines is 2. The van der Waals surface area contributed by atoms with Gasteiger partial charge in [-0.15, -0.1) is 34.4 Å². The largest absolute Gasteiger partial charge is 0.326 e. The number of carbonyl (C=O) groups excluding carboxylic acids is 1. The minimum atomic E-state index is -0.671. The van der Waals surface area contributed by atoms with Gasteiger partial charge in [-0.25, -0.2) is 9.78 Å². The molecule has 8 nitrogen and oxygen atoms in total. The molecule has 11 heteroatoms. The molecule has 0 saturated heterocycles. The van der Waals surface area contributed by atoms with Crippen LogP contribution in [0.2, 0.25) is 0 Å². The topological polar surface area (TPSA) is 131 Å². The van der Waals surface area contributed by atoms with Gasteiger partial charge in [-0.1, -0.05) is 0 Å². The van der Waals surface area contributed by atoms with E-state index in [2.05, 4.69) is 20.3 Å². The van der Waals surface area contributed by atoms with E-state index in [0.717, 1.165) is 23.1 Å². The van der Waals surface area contributed by atoms with Crippen LogP contribution in [0.5, 0.6) is 0 Å². The molecule has 116 valence electrons. The monoisotopic (exact) mass is 365 g/mol. The minimum Gasteiger partial charge on any atom is -0.305 e. The maximum atomic E-state index is 11.9. The van der Waals surface area contributed by atoms with Crippen molar-refractivity contribution in [3.8, 4) is 6.07 Å². The number of thiazole rings is 1. The van der Waals surface area contributed by atoms with E-state index in [1.807, 2.05) is 6.07 Å². The summed E-state index contributed by atoms with van der Waals surface area (Å²) in [6.07, 6.45) is 1.58. The summed E-state index contributed by atoms with van der Waals surface area (Å²) < 4.78 is 0.758. The first-order chi connectivity index (χ1) is 11.1. The number of aromatic nitrogens is 3. The Kier molecular flexibility index (Phi) is 4.28. The van der Waals surface area contributed by atoms with E-state index in [9.17, 15) is 19.6 Å². The predicted octanol–water partition coefficient (Wildman–Crippen LogP) is 1.34. The number of nitrogens with zero attached hydrogens (tertiary/aromatic N) is 2. The Labute approximate surface area is 140 Å². The van der Waals surface area contributed by atoms with Crippen LogP contribution in [0.3, 0.4) is 0 Å². The molecule has 3 aromatic heterocycles. The number of thioether (sulfide) groups is 1. The third kappa shape index (κ3) is 3.19. The Bertz CT molecular complexity index is 1030. The molecule has 0 unspecified atom stereocenters. The van der Waals surface area contributed by atoms with Crippen molar-refractivity contribution in [3.05, 3.63) is 38.0 Å². The van der Waals surface area contributed by atoms with Crippen LogP contribution in [0.15, 0.2) is 25.4 Å². The summed E-state index contributed by atoms with van der Waals surface area (Å²) in [6.45, 7) is 0. The Hall–Kier alpha value is -2.42. The molecular weight excluding hydrogens is 358 g/mol. The molecule has 3 rings (SSSR count). The number of hydrogen-bond donors (Lipinski definition) is 3. The second kappa shape index (κ2) is 6.37. The summed E-state index contributed by atoms with van der Waals surface area (Å²) in [5, 5.41) is 14.1. The third-order valence-electron chi connectivity index (χ3n) is 2.67. The molecule has 23 heavy (non-hydrogen) atoms. The van der Waals surface area contributed by atoms with Crippen LogP contribution in [0.25, 0.3) is 10.2 Å². The lowest BCUT2D eigenvalue weighted by molar-refractivity contribution is -0.113. The van der Waals surface area contributed by atoms with Crippen LogP contribution in [-0.4, -0.2) is 26.6 Å². The fraction of sp³-hybridized carbons (Fsp3) is 0.0833. The van der Waals surface area contributed by atoms with Crippen molar-refractivity contribution in [1.29, 1.82) is 5.26 Å². The van der Waals surface area contributed by atoms with Gasteiger partial charge in [-0.05, 0) is 0 Å². The Balaban J connectivity index is 1.84. The lowest BCUT2D eigenvalue weighted by atomic mass is 10.3. The number of carbonyl (C=O) groups is 1. The molecule has 0 saturated carbocycles. The summed E-state index contributed by atoms with van der Waals surface area (Å²) >= 11 is 3.50. The van der Waals surface area contributed by atoms with Gasteiger partial charge in [0, 0.05) is 11.6 Å². The number of thiophene rings is 1. The zero-order valence-electron chi connectivity index (χ0n) is 11.2. The van der Waals surface area contributed by atoms with E-state index >= 15 is 0 Å². The summed E-state index contributed by atoms with van der Waals surface area (Å²) in [7, 11) is 0. The molecule has 1 amide bonds. The molecule has 0 fully saturated rings. The Morgan fingerprint density at radius 1 is 1.43 bits per heavy atom. The molecule has 3 aromatic rings. The predicted molar refractivity (Wildman–Crippen MR) is 89.2 cm³/mol. The summed E-state index contributed by atoms with van der Waals surface area (Å²) in [5.74, 6) is -0.211. The number of anilines is 1. The van der Waals surface area contributed by atoms with E-state index < -0.39 is 11.2 Å². The lowest BCUT2D eigenvalue weighted by Gasteiger charge is -2.00. The van der Waals surface area contributed by atoms with Crippen molar-refractivity contribution in [1.82, 2.24) is 15.0 Å². The van der Waals surface area contributed by atoms with Gasteiger partial charge in [0.25, 0.3) is 5.56 Å². The highest BCUT2D eigenvalue weighted by molar-refractivity contribution is 8.02. The van der Waals surface area contributed by atoms with Crippen LogP contribution in [0, 0.1) is 11.3 Å². The molecule has 0 spiro atoms. The highest BCUT2D eigenvalue weighted by atomic mass is 32.2. The van der Waals surface area contributed by atoms with Crippen molar-refractivity contribution < 1.29 is 4.79 Å². The van der Waals surface area contributed by atoms with Crippen LogP contribution in [0.4, 0.5) is 5.13 Å². The maximum absolute atomic E-state index is 11.9. The van der Waals surface area contributed by atoms with Gasteiger partial charge in [-0.2, -0.15) is 5.26 Å². The van der Waals surface area contributed by atoms with Crippen LogP contribution in [0.1, 0.15) is 5.56 Å². The van der Waals surface area contributed by atoms with Crippen molar-refractivity contribution in [2.45, 2.75) is 4.21 Å². The van der Waals surface area contributed by atoms with Crippen LogP contribution >= 0.6 is 34.4 Å². The number of nitrogens with one attached hydrogen (secondary N) is 3. The van der Waals surface area contributed by atoms with Gasteiger partial charge in [0.05, 0.1) is 15.5 Å². The second-order valence-electron chi connectivity index (χ2n) is 4.16. The number of rotatable bonds is 4. The number of hydrogen-bond acceptors (Lipinski definition) is 8. The van der Waals surface area contributed by atoms with Gasteiger partial charge in [-0.3, -0.25) is 14.6 Å². The number of nitriles is 1. The average Bonchev–Trinajstić information content (AvgIpc) is 3.12. The molecule has 0 aliphatic heterocycles. The molecule has 0 aliphatic carbocycles. The number of H-pyrrole nitrogens is 2. The van der Waals surface area contributed by atoms with Crippen molar-refractivity contribution in [2.75, 3.05) is 11.1 Å². The van der Waals surface area contributed by atoms with E-state index in [-0.39, 0.29) is 27.4 Å². The zero-order chi connectivity index (χ0) is 16.4. The first-order valence-corrected chi connectivity index (χ1v) is 8.78. The Morgan fingerprint density at radius 3 is 2.96 bits per heavy atom. The lowest BCUT2D eigenvalue weighted by Crippen LogP contribution is -2.20. The fourth-order valence-electron chi connectivity index (χ4n) is 1.77.